The summed E-state index contributed by atoms with van der Waals surface area (Å²) in [6.45, 7) is 2.07. The molecule has 0 saturated carbocycles. The second kappa shape index (κ2) is 7.92. The van der Waals surface area contributed by atoms with E-state index >= 15 is 0 Å². The van der Waals surface area contributed by atoms with Crippen LogP contribution in [0.5, 0.6) is 0 Å². The van der Waals surface area contributed by atoms with Crippen LogP contribution < -0.4 is 0 Å². The second-order valence-corrected chi connectivity index (χ2v) is 7.68. The number of hydrogen-bond acceptors (Lipinski definition) is 3. The van der Waals surface area contributed by atoms with Crippen LogP contribution in [0.3, 0.4) is 0 Å². The molecule has 2 nitrogen and oxygen atoms in total. The molecule has 0 aliphatic carbocycles. The Hall–Kier alpha value is -0.910. The van der Waals surface area contributed by atoms with Crippen LogP contribution >= 0.6 is 39.5 Å². The van der Waals surface area contributed by atoms with Gasteiger partial charge < -0.3 is 5.11 Å². The van der Waals surface area contributed by atoms with Crippen LogP contribution in [-0.4, -0.2) is 22.6 Å². The third kappa shape index (κ3) is 5.09. The predicted molar refractivity (Wildman–Crippen MR) is 93.7 cm³/mol. The first-order valence-corrected chi connectivity index (χ1v) is 9.18. The van der Waals surface area contributed by atoms with Crippen LogP contribution in [0.4, 0.5) is 0 Å². The molecule has 0 amide bonds. The summed E-state index contributed by atoms with van der Waals surface area (Å²) in [5, 5.41) is 9.18. The largest absolute Gasteiger partial charge is 0.478 e. The van der Waals surface area contributed by atoms with Crippen molar-refractivity contribution in [2.75, 3.05) is 11.5 Å². The number of halogens is 1. The molecule has 0 heterocycles. The number of thioether (sulfide) groups is 2. The fourth-order valence-corrected chi connectivity index (χ4v) is 4.22. The van der Waals surface area contributed by atoms with Crippen molar-refractivity contribution in [3.05, 3.63) is 58.1 Å². The van der Waals surface area contributed by atoms with Gasteiger partial charge in [0.05, 0.1) is 5.56 Å². The Morgan fingerprint density at radius 3 is 2.43 bits per heavy atom. The standard InChI is InChI=1S/C16H15BrO2S2/c1-11-2-5-13(6-3-11)20-8-9-21-15-10-12(17)4-7-14(15)16(18)19/h2-7,10H,8-9H2,1H3,(H,18,19). The Bertz CT molecular complexity index is 627. The molecular weight excluding hydrogens is 368 g/mol. The van der Waals surface area contributed by atoms with E-state index < -0.39 is 5.97 Å². The van der Waals surface area contributed by atoms with E-state index in [1.54, 1.807) is 35.7 Å². The maximum atomic E-state index is 11.2. The maximum absolute atomic E-state index is 11.2. The number of rotatable bonds is 6. The van der Waals surface area contributed by atoms with E-state index in [-0.39, 0.29) is 0 Å². The molecule has 0 bridgehead atoms. The molecule has 0 fully saturated rings. The van der Waals surface area contributed by atoms with E-state index in [1.165, 1.54) is 10.5 Å². The molecule has 0 aliphatic heterocycles. The first kappa shape index (κ1) is 16.5. The van der Waals surface area contributed by atoms with Gasteiger partial charge in [-0.25, -0.2) is 4.79 Å². The molecule has 0 saturated heterocycles. The van der Waals surface area contributed by atoms with Crippen LogP contribution in [0.2, 0.25) is 0 Å². The minimum atomic E-state index is -0.879. The molecule has 5 heteroatoms. The zero-order chi connectivity index (χ0) is 15.2. The van der Waals surface area contributed by atoms with Gasteiger partial charge in [-0.2, -0.15) is 0 Å². The van der Waals surface area contributed by atoms with E-state index in [2.05, 4.69) is 47.1 Å². The van der Waals surface area contributed by atoms with Crippen molar-refractivity contribution in [3.8, 4) is 0 Å². The first-order valence-electron chi connectivity index (χ1n) is 6.41. The third-order valence-electron chi connectivity index (χ3n) is 2.80. The molecule has 2 rings (SSSR count). The van der Waals surface area contributed by atoms with Gasteiger partial charge >= 0.3 is 5.97 Å². The molecule has 0 aliphatic rings. The number of aryl methyl sites for hydroxylation is 1. The van der Waals surface area contributed by atoms with Crippen molar-refractivity contribution in [2.24, 2.45) is 0 Å². The Labute approximate surface area is 141 Å². The Kier molecular flexibility index (Phi) is 6.21. The van der Waals surface area contributed by atoms with Gasteiger partial charge in [-0.15, -0.1) is 23.5 Å². The van der Waals surface area contributed by atoms with E-state index in [0.29, 0.717) is 5.56 Å². The number of hydrogen-bond donors (Lipinski definition) is 1. The molecular formula is C16H15BrO2S2. The van der Waals surface area contributed by atoms with Crippen molar-refractivity contribution in [1.82, 2.24) is 0 Å². The van der Waals surface area contributed by atoms with Crippen molar-refractivity contribution < 1.29 is 9.90 Å². The summed E-state index contributed by atoms with van der Waals surface area (Å²) in [4.78, 5) is 13.2. The highest BCUT2D eigenvalue weighted by atomic mass is 79.9. The molecule has 0 atom stereocenters. The van der Waals surface area contributed by atoms with Gasteiger partial charge in [0, 0.05) is 25.8 Å². The number of carboxylic acids is 1. The lowest BCUT2D eigenvalue weighted by Crippen LogP contribution is -1.99. The highest BCUT2D eigenvalue weighted by molar-refractivity contribution is 9.10. The number of carbonyl (C=O) groups is 1. The quantitative estimate of drug-likeness (QED) is 0.540. The lowest BCUT2D eigenvalue weighted by molar-refractivity contribution is 0.0693. The summed E-state index contributed by atoms with van der Waals surface area (Å²) in [6.07, 6.45) is 0. The van der Waals surface area contributed by atoms with Crippen LogP contribution in [0, 0.1) is 6.92 Å². The van der Waals surface area contributed by atoms with Crippen molar-refractivity contribution in [3.63, 3.8) is 0 Å². The van der Waals surface area contributed by atoms with E-state index in [9.17, 15) is 9.90 Å². The average molecular weight is 383 g/mol. The molecule has 110 valence electrons. The van der Waals surface area contributed by atoms with E-state index in [1.807, 2.05) is 6.07 Å². The second-order valence-electron chi connectivity index (χ2n) is 4.46. The lowest BCUT2D eigenvalue weighted by atomic mass is 10.2. The molecule has 2 aromatic carbocycles. The lowest BCUT2D eigenvalue weighted by Gasteiger charge is -2.07. The summed E-state index contributed by atoms with van der Waals surface area (Å²) >= 11 is 6.75. The first-order chi connectivity index (χ1) is 10.1. The number of benzene rings is 2. The maximum Gasteiger partial charge on any atom is 0.336 e. The summed E-state index contributed by atoms with van der Waals surface area (Å²) in [6, 6.07) is 13.7. The topological polar surface area (TPSA) is 37.3 Å². The smallest absolute Gasteiger partial charge is 0.336 e. The minimum absolute atomic E-state index is 0.364. The van der Waals surface area contributed by atoms with Crippen LogP contribution in [0.15, 0.2) is 56.7 Å². The molecule has 21 heavy (non-hydrogen) atoms. The molecule has 0 unspecified atom stereocenters. The molecule has 2 aromatic rings. The summed E-state index contributed by atoms with van der Waals surface area (Å²) < 4.78 is 0.904. The number of carboxylic acid groups (broad SMARTS) is 1. The fourth-order valence-electron chi connectivity index (χ4n) is 1.74. The van der Waals surface area contributed by atoms with Gasteiger partial charge in [-0.3, -0.25) is 0 Å². The van der Waals surface area contributed by atoms with Gasteiger partial charge in [0.2, 0.25) is 0 Å². The zero-order valence-corrected chi connectivity index (χ0v) is 14.7. The van der Waals surface area contributed by atoms with Crippen molar-refractivity contribution in [1.29, 1.82) is 0 Å². The fraction of sp³-hybridized carbons (Fsp3) is 0.188. The summed E-state index contributed by atoms with van der Waals surface area (Å²) in [7, 11) is 0. The Balaban J connectivity index is 1.90. The zero-order valence-electron chi connectivity index (χ0n) is 11.5. The van der Waals surface area contributed by atoms with Crippen LogP contribution in [-0.2, 0) is 0 Å². The molecule has 1 N–H and O–H groups in total. The summed E-state index contributed by atoms with van der Waals surface area (Å²) in [5.41, 5.74) is 1.62. The average Bonchev–Trinajstić information content (AvgIpc) is 2.45. The van der Waals surface area contributed by atoms with E-state index in [4.69, 9.17) is 0 Å². The van der Waals surface area contributed by atoms with Gasteiger partial charge in [-0.1, -0.05) is 33.6 Å². The van der Waals surface area contributed by atoms with Crippen molar-refractivity contribution >= 4 is 45.4 Å². The third-order valence-corrected chi connectivity index (χ3v) is 5.63. The van der Waals surface area contributed by atoms with Gasteiger partial charge in [-0.05, 0) is 37.3 Å². The van der Waals surface area contributed by atoms with Gasteiger partial charge in [0.15, 0.2) is 0 Å². The van der Waals surface area contributed by atoms with Gasteiger partial charge in [0.1, 0.15) is 0 Å². The van der Waals surface area contributed by atoms with E-state index in [0.717, 1.165) is 20.9 Å². The molecule has 0 spiro atoms. The van der Waals surface area contributed by atoms with Crippen molar-refractivity contribution in [2.45, 2.75) is 16.7 Å². The highest BCUT2D eigenvalue weighted by Crippen LogP contribution is 2.28. The molecule has 0 aromatic heterocycles. The molecule has 0 radical (unpaired) electrons. The Morgan fingerprint density at radius 1 is 1.10 bits per heavy atom. The minimum Gasteiger partial charge on any atom is -0.478 e. The van der Waals surface area contributed by atoms with Crippen LogP contribution in [0.25, 0.3) is 0 Å². The van der Waals surface area contributed by atoms with Crippen LogP contribution in [0.1, 0.15) is 15.9 Å². The van der Waals surface area contributed by atoms with Gasteiger partial charge in [0.25, 0.3) is 0 Å². The Morgan fingerprint density at radius 2 is 1.76 bits per heavy atom. The summed E-state index contributed by atoms with van der Waals surface area (Å²) in [5.74, 6) is 0.936. The highest BCUT2D eigenvalue weighted by Gasteiger charge is 2.10. The SMILES string of the molecule is Cc1ccc(SCCSc2cc(Br)ccc2C(=O)O)cc1. The predicted octanol–water partition coefficient (Wildman–Crippen LogP) is 5.34. The number of aromatic carboxylic acids is 1. The normalized spacial score (nSPS) is 10.6. The monoisotopic (exact) mass is 382 g/mol.